The fraction of sp³-hybridized carbons (Fsp3) is 0.444. The van der Waals surface area contributed by atoms with E-state index in [0.29, 0.717) is 19.1 Å². The van der Waals surface area contributed by atoms with E-state index in [0.717, 1.165) is 29.7 Å². The molecule has 122 valence electrons. The number of nitrogens with zero attached hydrogens (tertiary/aromatic N) is 3. The lowest BCUT2D eigenvalue weighted by Crippen LogP contribution is -2.39. The van der Waals surface area contributed by atoms with Gasteiger partial charge in [-0.2, -0.15) is 5.10 Å². The van der Waals surface area contributed by atoms with E-state index in [1.807, 2.05) is 36.1 Å². The Morgan fingerprint density at radius 3 is 2.65 bits per heavy atom. The van der Waals surface area contributed by atoms with Crippen LogP contribution in [0.25, 0.3) is 11.3 Å². The van der Waals surface area contributed by atoms with Crippen molar-refractivity contribution in [2.24, 2.45) is 12.8 Å². The van der Waals surface area contributed by atoms with Gasteiger partial charge in [0.25, 0.3) is 0 Å². The Kier molecular flexibility index (Phi) is 4.76. The standard InChI is InChI=1S/C18H24N4O/c1-21-11-15(18(20-21)14-7-3-2-4-8-14)12-22(13-17(19)23)16-9-5-6-10-16/h2-4,7-8,11,16H,5-6,9-10,12-13H2,1H3,(H2,19,23). The van der Waals surface area contributed by atoms with Crippen LogP contribution in [-0.2, 0) is 18.4 Å². The summed E-state index contributed by atoms with van der Waals surface area (Å²) < 4.78 is 1.84. The zero-order valence-corrected chi connectivity index (χ0v) is 13.6. The number of carbonyl (C=O) groups excluding carboxylic acids is 1. The molecule has 1 fully saturated rings. The Hall–Kier alpha value is -2.14. The molecule has 1 saturated carbocycles. The molecule has 0 bridgehead atoms. The molecule has 0 aliphatic heterocycles. The lowest BCUT2D eigenvalue weighted by Gasteiger charge is -2.27. The number of amides is 1. The van der Waals surface area contributed by atoms with E-state index in [1.165, 1.54) is 12.8 Å². The van der Waals surface area contributed by atoms with Crippen LogP contribution < -0.4 is 5.73 Å². The highest BCUT2D eigenvalue weighted by Gasteiger charge is 2.25. The molecule has 1 aliphatic carbocycles. The van der Waals surface area contributed by atoms with Crippen LogP contribution in [0.4, 0.5) is 0 Å². The molecule has 0 atom stereocenters. The minimum absolute atomic E-state index is 0.262. The predicted molar refractivity (Wildman–Crippen MR) is 90.5 cm³/mol. The van der Waals surface area contributed by atoms with E-state index in [1.54, 1.807) is 0 Å². The monoisotopic (exact) mass is 312 g/mol. The van der Waals surface area contributed by atoms with Crippen LogP contribution in [0.15, 0.2) is 36.5 Å². The van der Waals surface area contributed by atoms with E-state index in [4.69, 9.17) is 5.73 Å². The number of hydrogen-bond acceptors (Lipinski definition) is 3. The van der Waals surface area contributed by atoms with Crippen molar-refractivity contribution in [2.75, 3.05) is 6.54 Å². The van der Waals surface area contributed by atoms with Crippen molar-refractivity contribution >= 4 is 5.91 Å². The summed E-state index contributed by atoms with van der Waals surface area (Å²) in [6.07, 6.45) is 6.81. The molecular formula is C18H24N4O. The molecule has 2 N–H and O–H groups in total. The minimum atomic E-state index is -0.262. The van der Waals surface area contributed by atoms with Gasteiger partial charge in [-0.15, -0.1) is 0 Å². The summed E-state index contributed by atoms with van der Waals surface area (Å²) in [5.41, 5.74) is 8.70. The molecule has 5 nitrogen and oxygen atoms in total. The molecule has 0 radical (unpaired) electrons. The second kappa shape index (κ2) is 6.96. The number of carbonyl (C=O) groups is 1. The average molecular weight is 312 g/mol. The van der Waals surface area contributed by atoms with Gasteiger partial charge in [0.2, 0.25) is 5.91 Å². The third-order valence-corrected chi connectivity index (χ3v) is 4.53. The van der Waals surface area contributed by atoms with Crippen LogP contribution >= 0.6 is 0 Å². The quantitative estimate of drug-likeness (QED) is 0.890. The minimum Gasteiger partial charge on any atom is -0.369 e. The first-order valence-corrected chi connectivity index (χ1v) is 8.24. The number of nitrogens with two attached hydrogens (primary N) is 1. The lowest BCUT2D eigenvalue weighted by molar-refractivity contribution is -0.119. The Balaban J connectivity index is 1.86. The number of primary amides is 1. The summed E-state index contributed by atoms with van der Waals surface area (Å²) in [5.74, 6) is -0.262. The molecule has 2 aromatic rings. The van der Waals surface area contributed by atoms with E-state index in [9.17, 15) is 4.79 Å². The van der Waals surface area contributed by atoms with E-state index < -0.39 is 0 Å². The number of rotatable bonds is 6. The molecule has 1 aromatic heterocycles. The molecule has 5 heteroatoms. The molecule has 0 spiro atoms. The summed E-state index contributed by atoms with van der Waals surface area (Å²) in [6, 6.07) is 10.6. The Bertz CT molecular complexity index is 659. The van der Waals surface area contributed by atoms with Gasteiger partial charge >= 0.3 is 0 Å². The Morgan fingerprint density at radius 1 is 1.30 bits per heavy atom. The van der Waals surface area contributed by atoms with Crippen LogP contribution in [0, 0.1) is 0 Å². The van der Waals surface area contributed by atoms with E-state index in [-0.39, 0.29) is 5.91 Å². The van der Waals surface area contributed by atoms with Crippen molar-refractivity contribution in [3.8, 4) is 11.3 Å². The highest BCUT2D eigenvalue weighted by molar-refractivity contribution is 5.76. The predicted octanol–water partition coefficient (Wildman–Crippen LogP) is 2.32. The Morgan fingerprint density at radius 2 is 2.00 bits per heavy atom. The lowest BCUT2D eigenvalue weighted by atomic mass is 10.1. The molecule has 1 aliphatic rings. The van der Waals surface area contributed by atoms with Crippen LogP contribution in [0.3, 0.4) is 0 Å². The van der Waals surface area contributed by atoms with Crippen molar-refractivity contribution in [1.29, 1.82) is 0 Å². The summed E-state index contributed by atoms with van der Waals surface area (Å²) in [7, 11) is 1.93. The van der Waals surface area contributed by atoms with Gasteiger partial charge in [0.15, 0.2) is 0 Å². The zero-order valence-electron chi connectivity index (χ0n) is 13.6. The number of aromatic nitrogens is 2. The fourth-order valence-electron chi connectivity index (χ4n) is 3.49. The van der Waals surface area contributed by atoms with Gasteiger partial charge in [-0.3, -0.25) is 14.4 Å². The Labute approximate surface area is 137 Å². The first-order chi connectivity index (χ1) is 11.1. The molecule has 23 heavy (non-hydrogen) atoms. The molecule has 3 rings (SSSR count). The van der Waals surface area contributed by atoms with Gasteiger partial charge in [0.1, 0.15) is 0 Å². The third-order valence-electron chi connectivity index (χ3n) is 4.53. The second-order valence-corrected chi connectivity index (χ2v) is 6.35. The van der Waals surface area contributed by atoms with Crippen LogP contribution in [0.1, 0.15) is 31.2 Å². The largest absolute Gasteiger partial charge is 0.369 e. The molecule has 1 amide bonds. The highest BCUT2D eigenvalue weighted by atomic mass is 16.1. The van der Waals surface area contributed by atoms with Crippen molar-refractivity contribution in [1.82, 2.24) is 14.7 Å². The first kappa shape index (κ1) is 15.7. The van der Waals surface area contributed by atoms with Crippen LogP contribution in [0.2, 0.25) is 0 Å². The van der Waals surface area contributed by atoms with Gasteiger partial charge < -0.3 is 5.73 Å². The van der Waals surface area contributed by atoms with Crippen molar-refractivity contribution in [3.05, 3.63) is 42.1 Å². The van der Waals surface area contributed by atoms with E-state index >= 15 is 0 Å². The van der Waals surface area contributed by atoms with Gasteiger partial charge in [-0.05, 0) is 12.8 Å². The molecule has 1 aromatic carbocycles. The fourth-order valence-corrected chi connectivity index (χ4v) is 3.49. The van der Waals surface area contributed by atoms with Gasteiger partial charge in [0, 0.05) is 37.0 Å². The highest BCUT2D eigenvalue weighted by Crippen LogP contribution is 2.28. The van der Waals surface area contributed by atoms with Gasteiger partial charge in [0.05, 0.1) is 12.2 Å². The number of hydrogen-bond donors (Lipinski definition) is 1. The van der Waals surface area contributed by atoms with Crippen LogP contribution in [0.5, 0.6) is 0 Å². The number of aryl methyl sites for hydroxylation is 1. The maximum Gasteiger partial charge on any atom is 0.231 e. The average Bonchev–Trinajstić information content (AvgIpc) is 3.17. The SMILES string of the molecule is Cn1cc(CN(CC(N)=O)C2CCCC2)c(-c2ccccc2)n1. The molecule has 0 saturated heterocycles. The summed E-state index contributed by atoms with van der Waals surface area (Å²) in [5, 5.41) is 4.61. The summed E-state index contributed by atoms with van der Waals surface area (Å²) in [6.45, 7) is 1.03. The molecule has 0 unspecified atom stereocenters. The second-order valence-electron chi connectivity index (χ2n) is 6.35. The van der Waals surface area contributed by atoms with Gasteiger partial charge in [-0.1, -0.05) is 43.2 Å². The normalized spacial score (nSPS) is 15.4. The first-order valence-electron chi connectivity index (χ1n) is 8.24. The maximum atomic E-state index is 11.5. The van der Waals surface area contributed by atoms with Gasteiger partial charge in [-0.25, -0.2) is 0 Å². The summed E-state index contributed by atoms with van der Waals surface area (Å²) in [4.78, 5) is 13.7. The zero-order chi connectivity index (χ0) is 16.2. The van der Waals surface area contributed by atoms with Crippen LogP contribution in [-0.4, -0.2) is 33.2 Å². The van der Waals surface area contributed by atoms with Crippen molar-refractivity contribution in [2.45, 2.75) is 38.3 Å². The smallest absolute Gasteiger partial charge is 0.231 e. The van der Waals surface area contributed by atoms with E-state index in [2.05, 4.69) is 22.1 Å². The van der Waals surface area contributed by atoms with Crippen molar-refractivity contribution < 1.29 is 4.79 Å². The third kappa shape index (κ3) is 3.79. The summed E-state index contributed by atoms with van der Waals surface area (Å²) >= 11 is 0. The molecule has 1 heterocycles. The van der Waals surface area contributed by atoms with Crippen molar-refractivity contribution in [3.63, 3.8) is 0 Å². The maximum absolute atomic E-state index is 11.5. The topological polar surface area (TPSA) is 64.2 Å². The molecular weight excluding hydrogens is 288 g/mol. The number of benzene rings is 1.